The van der Waals surface area contributed by atoms with E-state index in [2.05, 4.69) is 11.9 Å². The number of carbonyl (C=O) groups is 1. The Bertz CT molecular complexity index is 962. The van der Waals surface area contributed by atoms with Crippen LogP contribution in [0.25, 0.3) is 10.9 Å². The minimum atomic E-state index is -0.725. The highest BCUT2D eigenvalue weighted by Crippen LogP contribution is 2.43. The number of hydrogen-bond acceptors (Lipinski definition) is 3. The Morgan fingerprint density at radius 1 is 1.30 bits per heavy atom. The van der Waals surface area contributed by atoms with Gasteiger partial charge in [-0.25, -0.2) is 4.39 Å². The smallest absolute Gasteiger partial charge is 0.230 e. The maximum Gasteiger partial charge on any atom is 0.230 e. The zero-order valence-electron chi connectivity index (χ0n) is 18.0. The third-order valence-electron chi connectivity index (χ3n) is 7.17. The fourth-order valence-electron chi connectivity index (χ4n) is 5.71. The van der Waals surface area contributed by atoms with Crippen molar-refractivity contribution in [2.24, 2.45) is 5.92 Å². The molecule has 3 unspecified atom stereocenters. The van der Waals surface area contributed by atoms with Gasteiger partial charge >= 0.3 is 0 Å². The summed E-state index contributed by atoms with van der Waals surface area (Å²) in [5.41, 5.74) is 0.634. The van der Waals surface area contributed by atoms with Crippen LogP contribution in [0.5, 0.6) is 5.75 Å². The lowest BCUT2D eigenvalue weighted by Gasteiger charge is -2.53. The minimum Gasteiger partial charge on any atom is -0.487 e. The van der Waals surface area contributed by atoms with Crippen LogP contribution < -0.4 is 4.74 Å². The second kappa shape index (κ2) is 6.98. The van der Waals surface area contributed by atoms with E-state index in [-0.39, 0.29) is 35.7 Å². The Labute approximate surface area is 176 Å². The van der Waals surface area contributed by atoms with Crippen molar-refractivity contribution < 1.29 is 19.0 Å². The number of aromatic amines is 1. The number of halogens is 1. The van der Waals surface area contributed by atoms with Crippen molar-refractivity contribution in [1.82, 2.24) is 9.88 Å². The van der Waals surface area contributed by atoms with Crippen molar-refractivity contribution >= 4 is 16.8 Å². The molecule has 2 bridgehead atoms. The van der Waals surface area contributed by atoms with Crippen LogP contribution in [0, 0.1) is 11.7 Å². The number of nitrogens with one attached hydrogen (secondary N) is 1. The molecule has 1 aromatic carbocycles. The highest BCUT2D eigenvalue weighted by Gasteiger charge is 2.47. The van der Waals surface area contributed by atoms with Crippen LogP contribution in [0.3, 0.4) is 0 Å². The predicted octanol–water partition coefficient (Wildman–Crippen LogP) is 4.49. The number of hydrogen-bond donors (Lipinski definition) is 2. The summed E-state index contributed by atoms with van der Waals surface area (Å²) in [6.45, 7) is 5.97. The zero-order chi connectivity index (χ0) is 21.2. The SMILES string of the molecule is CC1CC2CC(C)(O)CC(C1)N2C(=O)C(C)c1c[nH]c2ccc(OC3CC3)c(F)c12. The number of nitrogens with zero attached hydrogens (tertiary/aromatic N) is 1. The van der Waals surface area contributed by atoms with Gasteiger partial charge in [0.05, 0.1) is 17.6 Å². The number of aliphatic hydroxyl groups is 1. The number of carbonyl (C=O) groups excluding carboxylic acids is 1. The van der Waals surface area contributed by atoms with Crippen LogP contribution in [0.2, 0.25) is 0 Å². The van der Waals surface area contributed by atoms with Gasteiger partial charge < -0.3 is 19.7 Å². The molecule has 6 heteroatoms. The largest absolute Gasteiger partial charge is 0.487 e. The van der Waals surface area contributed by atoms with Crippen molar-refractivity contribution in [3.8, 4) is 5.75 Å². The summed E-state index contributed by atoms with van der Waals surface area (Å²) in [6, 6.07) is 3.58. The van der Waals surface area contributed by atoms with Crippen LogP contribution in [-0.2, 0) is 4.79 Å². The lowest BCUT2D eigenvalue weighted by molar-refractivity contribution is -0.153. The molecule has 0 spiro atoms. The normalized spacial score (nSPS) is 32.3. The lowest BCUT2D eigenvalue weighted by atomic mass is 9.72. The van der Waals surface area contributed by atoms with Crippen LogP contribution in [0.15, 0.2) is 18.3 Å². The van der Waals surface area contributed by atoms with E-state index in [1.165, 1.54) is 0 Å². The van der Waals surface area contributed by atoms with E-state index in [4.69, 9.17) is 4.74 Å². The zero-order valence-corrected chi connectivity index (χ0v) is 18.0. The summed E-state index contributed by atoms with van der Waals surface area (Å²) in [7, 11) is 0. The summed E-state index contributed by atoms with van der Waals surface area (Å²) in [4.78, 5) is 18.8. The first-order chi connectivity index (χ1) is 14.2. The second-order valence-corrected chi connectivity index (χ2v) is 10.1. The summed E-state index contributed by atoms with van der Waals surface area (Å²) >= 11 is 0. The van der Waals surface area contributed by atoms with Crippen LogP contribution in [0.4, 0.5) is 4.39 Å². The second-order valence-electron chi connectivity index (χ2n) is 10.1. The topological polar surface area (TPSA) is 65.6 Å². The predicted molar refractivity (Wildman–Crippen MR) is 113 cm³/mol. The van der Waals surface area contributed by atoms with Gasteiger partial charge in [-0.3, -0.25) is 4.79 Å². The van der Waals surface area contributed by atoms with E-state index in [9.17, 15) is 9.90 Å². The summed E-state index contributed by atoms with van der Waals surface area (Å²) in [5.74, 6) is -0.00822. The number of piperidine rings is 2. The first-order valence-corrected chi connectivity index (χ1v) is 11.2. The molecule has 162 valence electrons. The van der Waals surface area contributed by atoms with Crippen LogP contribution >= 0.6 is 0 Å². The quantitative estimate of drug-likeness (QED) is 0.775. The van der Waals surface area contributed by atoms with Crippen molar-refractivity contribution in [1.29, 1.82) is 0 Å². The van der Waals surface area contributed by atoms with E-state index < -0.39 is 11.5 Å². The van der Waals surface area contributed by atoms with Gasteiger partial charge in [-0.15, -0.1) is 0 Å². The molecule has 3 heterocycles. The number of ether oxygens (including phenoxy) is 1. The molecule has 0 radical (unpaired) electrons. The van der Waals surface area contributed by atoms with Crippen molar-refractivity contribution in [2.75, 3.05) is 0 Å². The molecular formula is C24H31FN2O3. The van der Waals surface area contributed by atoms with E-state index in [0.29, 0.717) is 35.2 Å². The van der Waals surface area contributed by atoms with Gasteiger partial charge in [-0.2, -0.15) is 0 Å². The molecule has 1 aromatic heterocycles. The van der Waals surface area contributed by atoms with Gasteiger partial charge in [-0.1, -0.05) is 6.92 Å². The molecule has 5 rings (SSSR count). The van der Waals surface area contributed by atoms with Gasteiger partial charge in [0, 0.05) is 29.2 Å². The fourth-order valence-corrected chi connectivity index (χ4v) is 5.71. The van der Waals surface area contributed by atoms with Gasteiger partial charge in [0.25, 0.3) is 0 Å². The van der Waals surface area contributed by atoms with E-state index >= 15 is 4.39 Å². The summed E-state index contributed by atoms with van der Waals surface area (Å²) < 4.78 is 21.0. The third-order valence-corrected chi connectivity index (χ3v) is 7.17. The van der Waals surface area contributed by atoms with Gasteiger partial charge in [0.2, 0.25) is 5.91 Å². The molecule has 5 nitrogen and oxygen atoms in total. The van der Waals surface area contributed by atoms with Gasteiger partial charge in [0.1, 0.15) is 0 Å². The van der Waals surface area contributed by atoms with Crippen molar-refractivity contribution in [3.05, 3.63) is 29.7 Å². The Hall–Kier alpha value is -2.08. The fraction of sp³-hybridized carbons (Fsp3) is 0.625. The maximum absolute atomic E-state index is 15.3. The van der Waals surface area contributed by atoms with Crippen molar-refractivity contribution in [2.45, 2.75) is 89.0 Å². The minimum absolute atomic E-state index is 0.0289. The molecule has 1 amide bonds. The van der Waals surface area contributed by atoms with Gasteiger partial charge in [-0.05, 0) is 76.0 Å². The lowest BCUT2D eigenvalue weighted by Crippen LogP contribution is -2.61. The Morgan fingerprint density at radius 2 is 1.97 bits per heavy atom. The Balaban J connectivity index is 1.46. The Morgan fingerprint density at radius 3 is 2.60 bits per heavy atom. The third kappa shape index (κ3) is 3.39. The number of rotatable bonds is 4. The number of aromatic nitrogens is 1. The van der Waals surface area contributed by atoms with E-state index in [1.54, 1.807) is 12.3 Å². The molecule has 30 heavy (non-hydrogen) atoms. The molecule has 2 N–H and O–H groups in total. The molecular weight excluding hydrogens is 383 g/mol. The highest BCUT2D eigenvalue weighted by atomic mass is 19.1. The molecule has 1 aliphatic carbocycles. The molecule has 3 aliphatic rings. The Kier molecular flexibility index (Phi) is 4.62. The monoisotopic (exact) mass is 414 g/mol. The van der Waals surface area contributed by atoms with E-state index in [0.717, 1.165) is 25.7 Å². The first-order valence-electron chi connectivity index (χ1n) is 11.2. The van der Waals surface area contributed by atoms with Crippen LogP contribution in [-0.4, -0.2) is 44.7 Å². The number of amides is 1. The maximum atomic E-state index is 15.3. The molecule has 1 saturated carbocycles. The highest BCUT2D eigenvalue weighted by molar-refractivity contribution is 5.93. The van der Waals surface area contributed by atoms with Crippen LogP contribution in [0.1, 0.15) is 70.8 Å². The first kappa shape index (κ1) is 19.9. The standard InChI is InChI=1S/C24H31FN2O3/c1-13-8-15-10-24(3,29)11-16(9-13)27(15)23(28)14(2)18-12-26-19-6-7-20(22(25)21(18)19)30-17-4-5-17/h6-7,12-17,26,29H,4-5,8-11H2,1-3H3. The van der Waals surface area contributed by atoms with Gasteiger partial charge in [0.15, 0.2) is 11.6 Å². The summed E-state index contributed by atoms with van der Waals surface area (Å²) in [6.07, 6.45) is 6.83. The molecule has 3 atom stereocenters. The average molecular weight is 415 g/mol. The average Bonchev–Trinajstić information content (AvgIpc) is 3.37. The molecule has 2 aliphatic heterocycles. The van der Waals surface area contributed by atoms with E-state index in [1.807, 2.05) is 24.8 Å². The summed E-state index contributed by atoms with van der Waals surface area (Å²) in [5, 5.41) is 11.1. The number of H-pyrrole nitrogens is 1. The molecule has 2 saturated heterocycles. The molecule has 2 aromatic rings. The number of benzene rings is 1. The molecule has 3 fully saturated rings. The number of fused-ring (bicyclic) bond motifs is 3. The van der Waals surface area contributed by atoms with Crippen molar-refractivity contribution in [3.63, 3.8) is 0 Å².